The van der Waals surface area contributed by atoms with Crippen LogP contribution < -0.4 is 0 Å². The average molecular weight is 472 g/mol. The highest BCUT2D eigenvalue weighted by Crippen LogP contribution is 2.18. The van der Waals surface area contributed by atoms with E-state index in [4.69, 9.17) is 30.6 Å². The second kappa shape index (κ2) is 14.0. The van der Waals surface area contributed by atoms with E-state index in [1.165, 1.54) is 42.5 Å². The van der Waals surface area contributed by atoms with Gasteiger partial charge in [0.1, 0.15) is 0 Å². The van der Waals surface area contributed by atoms with E-state index in [1.807, 2.05) is 0 Å². The number of aliphatic hydroxyl groups is 2. The number of unbranched alkanes of at least 4 members (excludes halogenated alkanes) is 1. The Morgan fingerprint density at radius 2 is 0.824 bits per heavy atom. The third-order valence-corrected chi connectivity index (χ3v) is 4.26. The Labute approximate surface area is 194 Å². The third kappa shape index (κ3) is 9.07. The van der Waals surface area contributed by atoms with E-state index in [0.717, 1.165) is 18.9 Å². The molecule has 3 aromatic carbocycles. The molecule has 0 aliphatic heterocycles. The lowest BCUT2D eigenvalue weighted by molar-refractivity contribution is 0.0681. The minimum absolute atomic E-state index is 0.0186. The molecule has 0 saturated carbocycles. The SMILES string of the molecule is O=C(O)c1ccc2cc(C(=O)O)ccc2c1.O=C(O)c1cccc(C(=O)O)c1.OCCCCO. The molecule has 0 fully saturated rings. The minimum Gasteiger partial charge on any atom is -0.478 e. The molecule has 6 N–H and O–H groups in total. The predicted octanol–water partition coefficient (Wildman–Crippen LogP) is 3.07. The van der Waals surface area contributed by atoms with Crippen LogP contribution in [0.3, 0.4) is 0 Å². The number of carboxylic acids is 4. The smallest absolute Gasteiger partial charge is 0.335 e. The molecule has 0 heterocycles. The summed E-state index contributed by atoms with van der Waals surface area (Å²) in [5.74, 6) is -4.25. The summed E-state index contributed by atoms with van der Waals surface area (Å²) in [6.45, 7) is 0.390. The molecular formula is C24H24O10. The van der Waals surface area contributed by atoms with Gasteiger partial charge in [-0.2, -0.15) is 0 Å². The monoisotopic (exact) mass is 472 g/mol. The van der Waals surface area contributed by atoms with Gasteiger partial charge in [0.05, 0.1) is 22.3 Å². The summed E-state index contributed by atoms with van der Waals surface area (Å²) in [5.41, 5.74) is 0.343. The predicted molar refractivity (Wildman–Crippen MR) is 122 cm³/mol. The average Bonchev–Trinajstić information content (AvgIpc) is 2.82. The first-order valence-electron chi connectivity index (χ1n) is 9.89. The normalized spacial score (nSPS) is 9.71. The van der Waals surface area contributed by atoms with E-state index in [1.54, 1.807) is 12.1 Å². The number of aliphatic hydroxyl groups excluding tert-OH is 2. The summed E-state index contributed by atoms with van der Waals surface area (Å²) >= 11 is 0. The highest BCUT2D eigenvalue weighted by Gasteiger charge is 2.07. The van der Waals surface area contributed by atoms with Crippen molar-refractivity contribution < 1.29 is 49.8 Å². The summed E-state index contributed by atoms with van der Waals surface area (Å²) in [5, 5.41) is 52.2. The number of hydrogen-bond acceptors (Lipinski definition) is 6. The van der Waals surface area contributed by atoms with Gasteiger partial charge in [0, 0.05) is 13.2 Å². The van der Waals surface area contributed by atoms with Gasteiger partial charge >= 0.3 is 23.9 Å². The maximum Gasteiger partial charge on any atom is 0.335 e. The number of hydrogen-bond donors (Lipinski definition) is 6. The lowest BCUT2D eigenvalue weighted by atomic mass is 10.0. The number of fused-ring (bicyclic) bond motifs is 1. The summed E-state index contributed by atoms with van der Waals surface area (Å²) < 4.78 is 0. The summed E-state index contributed by atoms with van der Waals surface area (Å²) in [6, 6.07) is 14.3. The number of benzene rings is 3. The molecule has 0 aromatic heterocycles. The second-order valence-electron chi connectivity index (χ2n) is 6.73. The van der Waals surface area contributed by atoms with E-state index < -0.39 is 23.9 Å². The van der Waals surface area contributed by atoms with Gasteiger partial charge in [-0.05, 0) is 66.1 Å². The van der Waals surface area contributed by atoms with Crippen LogP contribution in [0.4, 0.5) is 0 Å². The summed E-state index contributed by atoms with van der Waals surface area (Å²) in [7, 11) is 0. The van der Waals surface area contributed by atoms with Gasteiger partial charge in [0.25, 0.3) is 0 Å². The number of aromatic carboxylic acids is 4. The van der Waals surface area contributed by atoms with Crippen LogP contribution >= 0.6 is 0 Å². The van der Waals surface area contributed by atoms with Crippen LogP contribution in [0.15, 0.2) is 60.7 Å². The zero-order valence-electron chi connectivity index (χ0n) is 17.9. The van der Waals surface area contributed by atoms with Crippen LogP contribution in [-0.4, -0.2) is 67.7 Å². The first-order valence-corrected chi connectivity index (χ1v) is 9.89. The van der Waals surface area contributed by atoms with E-state index in [-0.39, 0.29) is 35.5 Å². The van der Waals surface area contributed by atoms with E-state index in [9.17, 15) is 19.2 Å². The highest BCUT2D eigenvalue weighted by molar-refractivity contribution is 5.98. The molecule has 10 heteroatoms. The fourth-order valence-electron chi connectivity index (χ4n) is 2.52. The van der Waals surface area contributed by atoms with Crippen molar-refractivity contribution in [3.63, 3.8) is 0 Å². The van der Waals surface area contributed by atoms with Gasteiger partial charge in [0.15, 0.2) is 0 Å². The molecule has 3 aromatic rings. The van der Waals surface area contributed by atoms with Crippen LogP contribution in [0.2, 0.25) is 0 Å². The largest absolute Gasteiger partial charge is 0.478 e. The van der Waals surface area contributed by atoms with Gasteiger partial charge < -0.3 is 30.6 Å². The van der Waals surface area contributed by atoms with Crippen molar-refractivity contribution in [2.24, 2.45) is 0 Å². The molecule has 0 radical (unpaired) electrons. The summed E-state index contributed by atoms with van der Waals surface area (Å²) in [6.07, 6.45) is 1.44. The quantitative estimate of drug-likeness (QED) is 0.279. The van der Waals surface area contributed by atoms with E-state index in [2.05, 4.69) is 0 Å². The van der Waals surface area contributed by atoms with Gasteiger partial charge in [-0.15, -0.1) is 0 Å². The van der Waals surface area contributed by atoms with Crippen molar-refractivity contribution >= 4 is 34.6 Å². The molecule has 0 bridgehead atoms. The lowest BCUT2D eigenvalue weighted by Gasteiger charge is -2.01. The number of carbonyl (C=O) groups is 4. The number of carboxylic acid groups (broad SMARTS) is 4. The Hall–Kier alpha value is -4.28. The van der Waals surface area contributed by atoms with Crippen LogP contribution in [0.25, 0.3) is 10.8 Å². The van der Waals surface area contributed by atoms with Crippen molar-refractivity contribution in [2.75, 3.05) is 13.2 Å². The fraction of sp³-hybridized carbons (Fsp3) is 0.167. The zero-order valence-corrected chi connectivity index (χ0v) is 17.9. The highest BCUT2D eigenvalue weighted by atomic mass is 16.4. The first-order chi connectivity index (χ1) is 16.1. The van der Waals surface area contributed by atoms with Crippen LogP contribution in [0.5, 0.6) is 0 Å². The molecule has 3 rings (SSSR count). The molecular weight excluding hydrogens is 448 g/mol. The Morgan fingerprint density at radius 3 is 1.12 bits per heavy atom. The van der Waals surface area contributed by atoms with Crippen LogP contribution in [0.1, 0.15) is 54.3 Å². The Kier molecular flexibility index (Phi) is 11.4. The molecule has 0 atom stereocenters. The molecule has 10 nitrogen and oxygen atoms in total. The van der Waals surface area contributed by atoms with Crippen LogP contribution in [-0.2, 0) is 0 Å². The third-order valence-electron chi connectivity index (χ3n) is 4.26. The molecule has 34 heavy (non-hydrogen) atoms. The first kappa shape index (κ1) is 27.8. The maximum absolute atomic E-state index is 10.7. The van der Waals surface area contributed by atoms with Crippen molar-refractivity contribution in [2.45, 2.75) is 12.8 Å². The van der Waals surface area contributed by atoms with Gasteiger partial charge in [-0.1, -0.05) is 18.2 Å². The van der Waals surface area contributed by atoms with Gasteiger partial charge in [-0.3, -0.25) is 0 Å². The molecule has 0 unspecified atom stereocenters. The minimum atomic E-state index is -1.13. The van der Waals surface area contributed by atoms with E-state index in [0.29, 0.717) is 10.8 Å². The lowest BCUT2D eigenvalue weighted by Crippen LogP contribution is -2.01. The van der Waals surface area contributed by atoms with E-state index >= 15 is 0 Å². The standard InChI is InChI=1S/C12H8O4.C8H6O4.C4H10O2/c13-11(14)9-3-1-7-5-10(12(15)16)4-2-8(7)6-9;9-7(10)5-2-1-3-6(4-5)8(11)12;5-3-1-2-4-6/h1-6H,(H,13,14)(H,15,16);1-4H,(H,9,10)(H,11,12);5-6H,1-4H2. The van der Waals surface area contributed by atoms with Gasteiger partial charge in [-0.25, -0.2) is 19.2 Å². The van der Waals surface area contributed by atoms with Crippen molar-refractivity contribution in [3.05, 3.63) is 82.9 Å². The second-order valence-corrected chi connectivity index (χ2v) is 6.73. The molecule has 0 amide bonds. The topological polar surface area (TPSA) is 190 Å². The zero-order chi connectivity index (χ0) is 25.7. The number of rotatable bonds is 7. The fourth-order valence-corrected chi connectivity index (χ4v) is 2.52. The molecule has 180 valence electrons. The maximum atomic E-state index is 10.7. The van der Waals surface area contributed by atoms with Gasteiger partial charge in [0.2, 0.25) is 0 Å². The Bertz CT molecular complexity index is 1070. The Morgan fingerprint density at radius 1 is 0.500 bits per heavy atom. The van der Waals surface area contributed by atoms with Crippen molar-refractivity contribution in [1.29, 1.82) is 0 Å². The van der Waals surface area contributed by atoms with Crippen LogP contribution in [0, 0.1) is 0 Å². The molecule has 0 aliphatic carbocycles. The van der Waals surface area contributed by atoms with Crippen molar-refractivity contribution in [1.82, 2.24) is 0 Å². The molecule has 0 saturated heterocycles. The summed E-state index contributed by atoms with van der Waals surface area (Å²) in [4.78, 5) is 42.2. The molecule has 0 aliphatic rings. The molecule has 0 spiro atoms. The Balaban J connectivity index is 0.000000284. The van der Waals surface area contributed by atoms with Crippen molar-refractivity contribution in [3.8, 4) is 0 Å².